The molecule has 0 amide bonds. The molecule has 0 fully saturated rings. The number of imidazole rings is 1. The van der Waals surface area contributed by atoms with Gasteiger partial charge in [-0.1, -0.05) is 12.1 Å². The summed E-state index contributed by atoms with van der Waals surface area (Å²) in [5, 5.41) is 1.17. The summed E-state index contributed by atoms with van der Waals surface area (Å²) in [6.07, 6.45) is 0. The second kappa shape index (κ2) is 2.83. The molecule has 0 saturated carbocycles. The maximum Gasteiger partial charge on any atom is 0.116 e. The minimum Gasteiger partial charge on any atom is -0.399 e. The first-order valence-corrected chi connectivity index (χ1v) is 5.60. The molecular formula is C14H11N3. The Morgan fingerprint density at radius 1 is 0.941 bits per heavy atom. The van der Waals surface area contributed by atoms with E-state index in [4.69, 9.17) is 5.73 Å². The molecule has 3 N–H and O–H groups in total. The SMILES string of the molecule is Nc1ccc2c(c1)cc1[nH]c3ccccc3n12. The van der Waals surface area contributed by atoms with Gasteiger partial charge in [0.2, 0.25) is 0 Å². The zero-order chi connectivity index (χ0) is 11.4. The molecule has 0 radical (unpaired) electrons. The van der Waals surface area contributed by atoms with Gasteiger partial charge in [-0.25, -0.2) is 0 Å². The normalized spacial score (nSPS) is 11.8. The number of fused-ring (bicyclic) bond motifs is 5. The lowest BCUT2D eigenvalue weighted by molar-refractivity contribution is 1.33. The molecule has 3 nitrogen and oxygen atoms in total. The summed E-state index contributed by atoms with van der Waals surface area (Å²) >= 11 is 0. The minimum absolute atomic E-state index is 0.801. The van der Waals surface area contributed by atoms with Gasteiger partial charge in [-0.15, -0.1) is 0 Å². The lowest BCUT2D eigenvalue weighted by Gasteiger charge is -1.96. The fourth-order valence-electron chi connectivity index (χ4n) is 2.50. The zero-order valence-corrected chi connectivity index (χ0v) is 9.14. The summed E-state index contributed by atoms with van der Waals surface area (Å²) in [7, 11) is 0. The number of para-hydroxylation sites is 2. The number of rotatable bonds is 0. The molecule has 0 aliphatic rings. The Morgan fingerprint density at radius 3 is 2.76 bits per heavy atom. The monoisotopic (exact) mass is 221 g/mol. The average Bonchev–Trinajstić information content (AvgIpc) is 2.83. The molecule has 0 bridgehead atoms. The van der Waals surface area contributed by atoms with Crippen LogP contribution in [0.2, 0.25) is 0 Å². The third-order valence-corrected chi connectivity index (χ3v) is 3.23. The highest BCUT2D eigenvalue weighted by atomic mass is 15.0. The van der Waals surface area contributed by atoms with Crippen molar-refractivity contribution in [2.75, 3.05) is 5.73 Å². The van der Waals surface area contributed by atoms with Crippen LogP contribution in [0.4, 0.5) is 5.69 Å². The van der Waals surface area contributed by atoms with Crippen LogP contribution in [-0.2, 0) is 0 Å². The lowest BCUT2D eigenvalue weighted by Crippen LogP contribution is -1.84. The fourth-order valence-corrected chi connectivity index (χ4v) is 2.50. The van der Waals surface area contributed by atoms with Gasteiger partial charge in [0, 0.05) is 11.1 Å². The highest BCUT2D eigenvalue weighted by Gasteiger charge is 2.08. The fraction of sp³-hybridized carbons (Fsp3) is 0. The topological polar surface area (TPSA) is 46.2 Å². The number of nitrogens with one attached hydrogen (secondary N) is 1. The third-order valence-electron chi connectivity index (χ3n) is 3.23. The van der Waals surface area contributed by atoms with Crippen LogP contribution < -0.4 is 5.73 Å². The maximum atomic E-state index is 5.81. The lowest BCUT2D eigenvalue weighted by atomic mass is 10.2. The second-order valence-electron chi connectivity index (χ2n) is 4.33. The van der Waals surface area contributed by atoms with Gasteiger partial charge in [0.05, 0.1) is 16.6 Å². The summed E-state index contributed by atoms with van der Waals surface area (Å²) in [4.78, 5) is 3.41. The van der Waals surface area contributed by atoms with Gasteiger partial charge in [-0.3, -0.25) is 4.40 Å². The van der Waals surface area contributed by atoms with E-state index in [9.17, 15) is 0 Å². The number of aromatic amines is 1. The summed E-state index contributed by atoms with van der Waals surface area (Å²) in [6.45, 7) is 0. The predicted molar refractivity (Wildman–Crippen MR) is 71.2 cm³/mol. The third kappa shape index (κ3) is 1.05. The van der Waals surface area contributed by atoms with E-state index in [1.165, 1.54) is 16.4 Å². The van der Waals surface area contributed by atoms with Crippen molar-refractivity contribution in [1.29, 1.82) is 0 Å². The van der Waals surface area contributed by atoms with Gasteiger partial charge in [-0.2, -0.15) is 0 Å². The van der Waals surface area contributed by atoms with Crippen molar-refractivity contribution >= 4 is 33.3 Å². The number of nitrogen functional groups attached to an aromatic ring is 1. The van der Waals surface area contributed by atoms with Gasteiger partial charge in [0.1, 0.15) is 5.65 Å². The first kappa shape index (κ1) is 8.70. The number of nitrogens with two attached hydrogens (primary N) is 1. The van der Waals surface area contributed by atoms with E-state index in [1.54, 1.807) is 0 Å². The molecule has 0 unspecified atom stereocenters. The molecule has 0 aliphatic carbocycles. The van der Waals surface area contributed by atoms with E-state index < -0.39 is 0 Å². The summed E-state index contributed by atoms with van der Waals surface area (Å²) in [6, 6.07) is 16.4. The van der Waals surface area contributed by atoms with E-state index in [0.29, 0.717) is 0 Å². The van der Waals surface area contributed by atoms with Gasteiger partial charge in [-0.05, 0) is 36.4 Å². The number of aromatic nitrogens is 2. The van der Waals surface area contributed by atoms with Crippen LogP contribution in [0.3, 0.4) is 0 Å². The molecule has 82 valence electrons. The van der Waals surface area contributed by atoms with Crippen molar-refractivity contribution in [2.45, 2.75) is 0 Å². The second-order valence-corrected chi connectivity index (χ2v) is 4.33. The summed E-state index contributed by atoms with van der Waals surface area (Å²) in [5.74, 6) is 0. The van der Waals surface area contributed by atoms with Gasteiger partial charge in [0.15, 0.2) is 0 Å². The molecule has 17 heavy (non-hydrogen) atoms. The van der Waals surface area contributed by atoms with Gasteiger partial charge < -0.3 is 10.7 Å². The molecule has 0 spiro atoms. The molecular weight excluding hydrogens is 210 g/mol. The van der Waals surface area contributed by atoms with Crippen molar-refractivity contribution in [2.24, 2.45) is 0 Å². The Balaban J connectivity index is 2.31. The Bertz CT molecular complexity index is 852. The van der Waals surface area contributed by atoms with Crippen LogP contribution in [0.1, 0.15) is 0 Å². The zero-order valence-electron chi connectivity index (χ0n) is 9.14. The Hall–Kier alpha value is -2.42. The highest BCUT2D eigenvalue weighted by molar-refractivity contribution is 5.95. The number of H-pyrrole nitrogens is 1. The molecule has 2 aromatic heterocycles. The van der Waals surface area contributed by atoms with Crippen LogP contribution in [0.25, 0.3) is 27.6 Å². The molecule has 4 rings (SSSR count). The summed E-state index contributed by atoms with van der Waals surface area (Å²) in [5.41, 5.74) is 11.2. The van der Waals surface area contributed by atoms with Crippen LogP contribution in [0.5, 0.6) is 0 Å². The Labute approximate surface area is 97.5 Å². The first-order chi connectivity index (χ1) is 8.33. The molecule has 4 aromatic rings. The van der Waals surface area contributed by atoms with E-state index >= 15 is 0 Å². The predicted octanol–water partition coefficient (Wildman–Crippen LogP) is 3.16. The standard InChI is InChI=1S/C14H11N3/c15-10-5-6-12-9(7-10)8-14-16-11-3-1-2-4-13(11)17(12)14/h1-8,16H,15H2. The van der Waals surface area contributed by atoms with Gasteiger partial charge >= 0.3 is 0 Å². The van der Waals surface area contributed by atoms with E-state index in [-0.39, 0.29) is 0 Å². The van der Waals surface area contributed by atoms with Crippen molar-refractivity contribution in [1.82, 2.24) is 9.38 Å². The van der Waals surface area contributed by atoms with Crippen molar-refractivity contribution < 1.29 is 0 Å². The highest BCUT2D eigenvalue weighted by Crippen LogP contribution is 2.26. The van der Waals surface area contributed by atoms with Crippen molar-refractivity contribution in [3.8, 4) is 0 Å². The molecule has 3 heteroatoms. The maximum absolute atomic E-state index is 5.81. The number of benzene rings is 2. The van der Waals surface area contributed by atoms with Crippen LogP contribution in [0, 0.1) is 0 Å². The van der Waals surface area contributed by atoms with E-state index in [2.05, 4.69) is 39.7 Å². The Morgan fingerprint density at radius 2 is 1.82 bits per heavy atom. The number of hydrogen-bond acceptors (Lipinski definition) is 1. The van der Waals surface area contributed by atoms with Crippen molar-refractivity contribution in [3.63, 3.8) is 0 Å². The largest absolute Gasteiger partial charge is 0.399 e. The van der Waals surface area contributed by atoms with E-state index in [0.717, 1.165) is 16.9 Å². The molecule has 0 aliphatic heterocycles. The molecule has 0 saturated heterocycles. The van der Waals surface area contributed by atoms with E-state index in [1.807, 2.05) is 18.2 Å². The van der Waals surface area contributed by atoms with Crippen molar-refractivity contribution in [3.05, 3.63) is 48.5 Å². The Kier molecular flexibility index (Phi) is 1.45. The smallest absolute Gasteiger partial charge is 0.116 e. The molecule has 2 aromatic carbocycles. The minimum atomic E-state index is 0.801. The first-order valence-electron chi connectivity index (χ1n) is 5.60. The van der Waals surface area contributed by atoms with Gasteiger partial charge in [0.25, 0.3) is 0 Å². The summed E-state index contributed by atoms with van der Waals surface area (Å²) < 4.78 is 2.23. The van der Waals surface area contributed by atoms with Crippen LogP contribution in [-0.4, -0.2) is 9.38 Å². The van der Waals surface area contributed by atoms with Crippen LogP contribution in [0.15, 0.2) is 48.5 Å². The number of anilines is 1. The molecule has 2 heterocycles. The average molecular weight is 221 g/mol. The number of hydrogen-bond donors (Lipinski definition) is 2. The molecule has 0 atom stereocenters. The quantitative estimate of drug-likeness (QED) is 0.440. The van der Waals surface area contributed by atoms with Crippen LogP contribution >= 0.6 is 0 Å². The number of nitrogens with zero attached hydrogens (tertiary/aromatic N) is 1.